The van der Waals surface area contributed by atoms with Gasteiger partial charge in [0.15, 0.2) is 0 Å². The molecule has 3 aromatic carbocycles. The Morgan fingerprint density at radius 1 is 0.541 bits per heavy atom. The van der Waals surface area contributed by atoms with E-state index in [2.05, 4.69) is 72.3 Å². The Bertz CT molecular complexity index is 1530. The van der Waals surface area contributed by atoms with Crippen LogP contribution in [0.4, 0.5) is 0 Å². The lowest BCUT2D eigenvalue weighted by Crippen LogP contribution is -2.31. The van der Waals surface area contributed by atoms with Crippen LogP contribution in [0.25, 0.3) is 22.3 Å². The summed E-state index contributed by atoms with van der Waals surface area (Å²) in [5.41, 5.74) is 6.66. The van der Waals surface area contributed by atoms with Crippen molar-refractivity contribution in [3.63, 3.8) is 0 Å². The average molecular weight is 503 g/mol. The van der Waals surface area contributed by atoms with Gasteiger partial charge in [0.25, 0.3) is 0 Å². The van der Waals surface area contributed by atoms with Gasteiger partial charge in [-0.1, -0.05) is 32.0 Å². The first-order chi connectivity index (χ1) is 18.1. The number of ether oxygens (including phenoxy) is 2. The lowest BCUT2D eigenvalue weighted by Gasteiger charge is -2.34. The number of aryl methyl sites for hydroxylation is 2. The summed E-state index contributed by atoms with van der Waals surface area (Å²) in [5, 5.41) is 3.56. The van der Waals surface area contributed by atoms with Gasteiger partial charge in [-0.3, -0.25) is 9.97 Å². The predicted molar refractivity (Wildman–Crippen MR) is 153 cm³/mol. The molecule has 5 aromatic rings. The molecule has 4 heterocycles. The van der Waals surface area contributed by atoms with E-state index in [1.807, 2.05) is 56.8 Å². The van der Waals surface area contributed by atoms with Crippen LogP contribution in [0.2, 0.25) is 0 Å². The van der Waals surface area contributed by atoms with Crippen LogP contribution in [0.15, 0.2) is 91.5 Å². The van der Waals surface area contributed by atoms with Crippen molar-refractivity contribution in [2.75, 3.05) is 0 Å². The normalized spacial score (nSPS) is 12.6. The number of hydrogen-bond acceptors (Lipinski definition) is 4. The summed E-state index contributed by atoms with van der Waals surface area (Å²) in [7, 11) is -0.807. The second-order valence-corrected chi connectivity index (χ2v) is 11.1. The molecule has 7 rings (SSSR count). The van der Waals surface area contributed by atoms with Crippen LogP contribution < -0.4 is 25.4 Å². The molecule has 0 saturated heterocycles. The molecule has 0 amide bonds. The maximum atomic E-state index is 6.45. The van der Waals surface area contributed by atoms with Gasteiger partial charge in [0.05, 0.1) is 5.30 Å². The zero-order valence-corrected chi connectivity index (χ0v) is 22.2. The van der Waals surface area contributed by atoms with Crippen LogP contribution in [0.3, 0.4) is 0 Å². The van der Waals surface area contributed by atoms with Gasteiger partial charge in [-0.25, -0.2) is 0 Å². The molecule has 4 nitrogen and oxygen atoms in total. The van der Waals surface area contributed by atoms with Gasteiger partial charge < -0.3 is 9.47 Å². The highest BCUT2D eigenvalue weighted by Crippen LogP contribution is 2.53. The minimum Gasteiger partial charge on any atom is -0.456 e. The molecule has 2 aliphatic heterocycles. The number of hydrogen-bond donors (Lipinski definition) is 0. The van der Waals surface area contributed by atoms with Crippen molar-refractivity contribution in [2.24, 2.45) is 0 Å². The molecular weight excluding hydrogens is 475 g/mol. The quantitative estimate of drug-likeness (QED) is 0.231. The molecule has 0 atom stereocenters. The summed E-state index contributed by atoms with van der Waals surface area (Å²) in [6.07, 6.45) is 7.56. The molecule has 0 spiro atoms. The average Bonchev–Trinajstić information content (AvgIpc) is 2.93. The largest absolute Gasteiger partial charge is 0.456 e. The van der Waals surface area contributed by atoms with Gasteiger partial charge in [0, 0.05) is 54.4 Å². The van der Waals surface area contributed by atoms with Gasteiger partial charge in [-0.2, -0.15) is 0 Å². The van der Waals surface area contributed by atoms with Crippen molar-refractivity contribution in [1.29, 1.82) is 0 Å². The predicted octanol–water partition coefficient (Wildman–Crippen LogP) is 7.42. The van der Waals surface area contributed by atoms with E-state index in [-0.39, 0.29) is 0 Å². The number of nitrogens with zero attached hydrogens (tertiary/aromatic N) is 2. The van der Waals surface area contributed by atoms with Gasteiger partial charge in [0.2, 0.25) is 0 Å². The highest BCUT2D eigenvalue weighted by molar-refractivity contribution is 7.80. The van der Waals surface area contributed by atoms with Crippen LogP contribution >= 0.6 is 7.92 Å². The minimum absolute atomic E-state index is 0.807. The van der Waals surface area contributed by atoms with Crippen LogP contribution in [0, 0.1) is 13.8 Å². The molecule has 5 heteroatoms. The third-order valence-electron chi connectivity index (χ3n) is 6.44. The number of rotatable bonds is 2. The number of pyridine rings is 2. The first kappa shape index (κ1) is 23.4. The molecular formula is C32H27N2O2P. The Hall–Kier alpha value is -4.01. The van der Waals surface area contributed by atoms with Gasteiger partial charge >= 0.3 is 0 Å². The summed E-state index contributed by atoms with van der Waals surface area (Å²) >= 11 is 0. The molecule has 2 aliphatic rings. The first-order valence-electron chi connectivity index (χ1n) is 12.5. The van der Waals surface area contributed by atoms with Crippen molar-refractivity contribution in [2.45, 2.75) is 27.7 Å². The van der Waals surface area contributed by atoms with E-state index in [1.165, 1.54) is 10.6 Å². The third kappa shape index (κ3) is 4.08. The zero-order chi connectivity index (χ0) is 25.5. The summed E-state index contributed by atoms with van der Waals surface area (Å²) < 4.78 is 12.9. The lowest BCUT2D eigenvalue weighted by molar-refractivity contribution is 0.467. The van der Waals surface area contributed by atoms with E-state index < -0.39 is 7.92 Å². The van der Waals surface area contributed by atoms with Crippen LogP contribution in [-0.4, -0.2) is 9.97 Å². The lowest BCUT2D eigenvalue weighted by atomic mass is 10.1. The monoisotopic (exact) mass is 502 g/mol. The highest BCUT2D eigenvalue weighted by Gasteiger charge is 2.37. The van der Waals surface area contributed by atoms with Gasteiger partial charge in [-0.15, -0.1) is 0 Å². The van der Waals surface area contributed by atoms with E-state index >= 15 is 0 Å². The molecule has 37 heavy (non-hydrogen) atoms. The molecule has 0 bridgehead atoms. The summed E-state index contributed by atoms with van der Waals surface area (Å²) in [5.74, 6) is 3.55. The summed E-state index contributed by atoms with van der Waals surface area (Å²) in [6, 6.07) is 23.5. The first-order valence-corrected chi connectivity index (χ1v) is 13.9. The van der Waals surface area contributed by atoms with Crippen molar-refractivity contribution in [3.8, 4) is 45.3 Å². The summed E-state index contributed by atoms with van der Waals surface area (Å²) in [4.78, 5) is 8.74. The van der Waals surface area contributed by atoms with E-state index in [0.717, 1.165) is 61.7 Å². The number of fused-ring (bicyclic) bond motifs is 4. The Balaban J connectivity index is 0.00000123. The molecule has 0 aliphatic carbocycles. The van der Waals surface area contributed by atoms with Crippen molar-refractivity contribution in [3.05, 3.63) is 103 Å². The molecule has 182 valence electrons. The molecule has 0 saturated carbocycles. The standard InChI is InChI=1S/C30H21N2O2P.C2H6/c1-18-10-22(16-31-14-18)20-6-8-28-26(12-20)33-24-4-3-5-25-30(24)35(28)29-9-7-21(13-27(29)34-25)23-11-19(2)15-32-17-23;1-2/h3-17H,1-2H3;1-2H3. The zero-order valence-electron chi connectivity index (χ0n) is 21.3. The molecule has 0 fully saturated rings. The molecule has 0 radical (unpaired) electrons. The Labute approximate surface area is 218 Å². The fourth-order valence-electron chi connectivity index (χ4n) is 4.84. The van der Waals surface area contributed by atoms with Crippen LogP contribution in [-0.2, 0) is 0 Å². The molecule has 2 aromatic heterocycles. The van der Waals surface area contributed by atoms with E-state index in [1.54, 1.807) is 0 Å². The van der Waals surface area contributed by atoms with Crippen LogP contribution in [0.5, 0.6) is 23.0 Å². The molecule has 0 N–H and O–H groups in total. The van der Waals surface area contributed by atoms with Crippen molar-refractivity contribution in [1.82, 2.24) is 9.97 Å². The summed E-state index contributed by atoms with van der Waals surface area (Å²) in [6.45, 7) is 8.12. The van der Waals surface area contributed by atoms with E-state index in [4.69, 9.17) is 9.47 Å². The number of aromatic nitrogens is 2. The van der Waals surface area contributed by atoms with Crippen LogP contribution in [0.1, 0.15) is 25.0 Å². The maximum absolute atomic E-state index is 6.45. The Morgan fingerprint density at radius 2 is 1.03 bits per heavy atom. The van der Waals surface area contributed by atoms with E-state index in [9.17, 15) is 0 Å². The van der Waals surface area contributed by atoms with Crippen molar-refractivity contribution >= 4 is 23.8 Å². The Kier molecular flexibility index (Phi) is 5.98. The maximum Gasteiger partial charge on any atom is 0.139 e. The number of benzene rings is 3. The second-order valence-electron chi connectivity index (χ2n) is 9.01. The smallest absolute Gasteiger partial charge is 0.139 e. The van der Waals surface area contributed by atoms with Gasteiger partial charge in [-0.05, 0) is 84.6 Å². The Morgan fingerprint density at radius 3 is 1.49 bits per heavy atom. The SMILES string of the molecule is CC.Cc1cncc(-c2ccc3c(c2)Oc2cccc4c2P3c2ccc(-c3cncc(C)c3)cc2O4)c1. The van der Waals surface area contributed by atoms with Gasteiger partial charge in [0.1, 0.15) is 23.0 Å². The topological polar surface area (TPSA) is 44.2 Å². The fourth-order valence-corrected chi connectivity index (χ4v) is 7.37. The molecule has 0 unspecified atom stereocenters. The highest BCUT2D eigenvalue weighted by atomic mass is 31.1. The van der Waals surface area contributed by atoms with Crippen molar-refractivity contribution < 1.29 is 9.47 Å². The second kappa shape index (κ2) is 9.46. The minimum atomic E-state index is -0.807. The van der Waals surface area contributed by atoms with E-state index in [0.29, 0.717) is 0 Å². The fraction of sp³-hybridized carbons (Fsp3) is 0.125. The third-order valence-corrected chi connectivity index (χ3v) is 9.03.